The summed E-state index contributed by atoms with van der Waals surface area (Å²) in [4.78, 5) is 0. The highest BCUT2D eigenvalue weighted by molar-refractivity contribution is 9.11. The Hall–Kier alpha value is -0.590. The van der Waals surface area contributed by atoms with E-state index in [-0.39, 0.29) is 0 Å². The van der Waals surface area contributed by atoms with Gasteiger partial charge in [0.25, 0.3) is 0 Å². The van der Waals surface area contributed by atoms with Crippen LogP contribution in [0.5, 0.6) is 0 Å². The van der Waals surface area contributed by atoms with Crippen LogP contribution in [0.3, 0.4) is 0 Å². The molecule has 0 aromatic heterocycles. The summed E-state index contributed by atoms with van der Waals surface area (Å²) in [7, 11) is -3.16. The normalized spacial score (nSPS) is 11.5. The molecule has 0 aliphatic rings. The minimum absolute atomic E-state index is 0.563. The monoisotopic (exact) mass is 620 g/mol. The first-order valence-corrected chi connectivity index (χ1v) is 12.3. The van der Waals surface area contributed by atoms with Crippen molar-refractivity contribution < 1.29 is 4.57 Å². The summed E-state index contributed by atoms with van der Waals surface area (Å²) < 4.78 is 17.2. The minimum atomic E-state index is -3.16. The predicted octanol–water partition coefficient (Wildman–Crippen LogP) is 5.54. The number of nitrogen functional groups attached to an aromatic ring is 2. The van der Waals surface area contributed by atoms with Gasteiger partial charge in [-0.1, -0.05) is 30.3 Å². The lowest BCUT2D eigenvalue weighted by atomic mass is 10.3. The fraction of sp³-hybridized carbons (Fsp3) is 0. The molecule has 0 aliphatic heterocycles. The maximum absolute atomic E-state index is 14.5. The van der Waals surface area contributed by atoms with Gasteiger partial charge in [0.1, 0.15) is 0 Å². The van der Waals surface area contributed by atoms with Crippen molar-refractivity contribution in [2.24, 2.45) is 0 Å². The highest BCUT2D eigenvalue weighted by Gasteiger charge is 2.32. The third kappa shape index (κ3) is 3.57. The van der Waals surface area contributed by atoms with Crippen LogP contribution in [-0.2, 0) is 4.57 Å². The maximum atomic E-state index is 14.5. The molecule has 3 nitrogen and oxygen atoms in total. The van der Waals surface area contributed by atoms with Crippen molar-refractivity contribution in [1.29, 1.82) is 0 Å². The number of hydrogen-bond donors (Lipinski definition) is 2. The van der Waals surface area contributed by atoms with Gasteiger partial charge in [0.2, 0.25) is 0 Å². The molecular formula is C18H13Br4N2OP. The Bertz CT molecular complexity index is 933. The zero-order valence-corrected chi connectivity index (χ0v) is 20.5. The number of anilines is 2. The molecule has 0 atom stereocenters. The van der Waals surface area contributed by atoms with E-state index in [4.69, 9.17) is 11.5 Å². The minimum Gasteiger partial charge on any atom is -0.397 e. The van der Waals surface area contributed by atoms with Crippen LogP contribution in [0.15, 0.2) is 72.5 Å². The van der Waals surface area contributed by atoms with E-state index in [0.717, 1.165) is 5.30 Å². The first-order chi connectivity index (χ1) is 12.2. The van der Waals surface area contributed by atoms with E-state index in [9.17, 15) is 4.57 Å². The molecule has 3 rings (SSSR count). The van der Waals surface area contributed by atoms with Crippen LogP contribution in [-0.4, -0.2) is 0 Å². The van der Waals surface area contributed by atoms with Gasteiger partial charge in [-0.05, 0) is 88.0 Å². The van der Waals surface area contributed by atoms with Crippen LogP contribution >= 0.6 is 70.9 Å². The first kappa shape index (κ1) is 20.2. The number of rotatable bonds is 3. The molecule has 0 heterocycles. The van der Waals surface area contributed by atoms with Crippen molar-refractivity contribution in [2.75, 3.05) is 11.5 Å². The SMILES string of the molecule is Nc1c(Br)cc(P(=O)(c2ccccc2)c2cc(Br)c(N)c(Br)c2)cc1Br. The third-order valence-corrected chi connectivity index (χ3v) is 9.60. The van der Waals surface area contributed by atoms with Gasteiger partial charge in [0.05, 0.1) is 11.4 Å². The second kappa shape index (κ2) is 7.80. The highest BCUT2D eigenvalue weighted by atomic mass is 79.9. The van der Waals surface area contributed by atoms with E-state index in [1.165, 1.54) is 0 Å². The average Bonchev–Trinajstić information content (AvgIpc) is 2.63. The molecule has 8 heteroatoms. The van der Waals surface area contributed by atoms with E-state index in [0.29, 0.717) is 39.9 Å². The Labute approximate surface area is 185 Å². The molecule has 0 fully saturated rings. The summed E-state index contributed by atoms with van der Waals surface area (Å²) in [5, 5.41) is 2.06. The van der Waals surface area contributed by atoms with Crippen molar-refractivity contribution in [2.45, 2.75) is 0 Å². The summed E-state index contributed by atoms with van der Waals surface area (Å²) in [5.74, 6) is 0. The van der Waals surface area contributed by atoms with Crippen molar-refractivity contribution in [3.63, 3.8) is 0 Å². The third-order valence-electron chi connectivity index (χ3n) is 3.97. The summed E-state index contributed by atoms with van der Waals surface area (Å²) in [6, 6.07) is 16.7. The lowest BCUT2D eigenvalue weighted by Gasteiger charge is -2.22. The summed E-state index contributed by atoms with van der Waals surface area (Å²) in [6.07, 6.45) is 0. The molecule has 0 saturated heterocycles. The van der Waals surface area contributed by atoms with Gasteiger partial charge in [-0.15, -0.1) is 0 Å². The summed E-state index contributed by atoms with van der Waals surface area (Å²) in [5.41, 5.74) is 13.2. The van der Waals surface area contributed by atoms with E-state index < -0.39 is 7.14 Å². The molecule has 0 radical (unpaired) electrons. The molecule has 0 spiro atoms. The summed E-state index contributed by atoms with van der Waals surface area (Å²) >= 11 is 13.8. The Morgan fingerprint density at radius 1 is 0.615 bits per heavy atom. The lowest BCUT2D eigenvalue weighted by molar-refractivity contribution is 0.592. The van der Waals surface area contributed by atoms with Gasteiger partial charge in [0, 0.05) is 33.8 Å². The molecule has 0 aliphatic carbocycles. The van der Waals surface area contributed by atoms with E-state index in [1.54, 1.807) is 0 Å². The zero-order chi connectivity index (χ0) is 19.1. The van der Waals surface area contributed by atoms with Crippen LogP contribution in [0, 0.1) is 0 Å². The smallest absolute Gasteiger partial charge is 0.171 e. The second-order valence-corrected chi connectivity index (χ2v) is 11.8. The van der Waals surface area contributed by atoms with E-state index in [2.05, 4.69) is 63.7 Å². The average molecular weight is 624 g/mol. The fourth-order valence-electron chi connectivity index (χ4n) is 2.59. The van der Waals surface area contributed by atoms with Crippen LogP contribution in [0.4, 0.5) is 11.4 Å². The Morgan fingerprint density at radius 2 is 0.962 bits per heavy atom. The fourth-order valence-corrected chi connectivity index (χ4v) is 8.40. The second-order valence-electron chi connectivity index (χ2n) is 5.59. The summed E-state index contributed by atoms with van der Waals surface area (Å²) in [6.45, 7) is 0. The molecule has 0 unspecified atom stereocenters. The van der Waals surface area contributed by atoms with Gasteiger partial charge in [-0.2, -0.15) is 0 Å². The van der Waals surface area contributed by atoms with E-state index >= 15 is 0 Å². The topological polar surface area (TPSA) is 69.1 Å². The van der Waals surface area contributed by atoms with Gasteiger partial charge in [-0.3, -0.25) is 0 Å². The first-order valence-electron chi connectivity index (χ1n) is 7.41. The Kier molecular flexibility index (Phi) is 6.05. The number of nitrogens with two attached hydrogens (primary N) is 2. The molecular weight excluding hydrogens is 611 g/mol. The standard InChI is InChI=1S/C18H13Br4N2OP/c19-13-6-11(7-14(20)17(13)23)26(25,10-4-2-1-3-5-10)12-8-15(21)18(24)16(22)9-12/h1-9H,23-24H2. The largest absolute Gasteiger partial charge is 0.397 e. The molecule has 134 valence electrons. The molecule has 0 bridgehead atoms. The molecule has 0 saturated carbocycles. The quantitative estimate of drug-likeness (QED) is 0.298. The zero-order valence-electron chi connectivity index (χ0n) is 13.2. The molecule has 0 amide bonds. The van der Waals surface area contributed by atoms with Gasteiger partial charge in [0.15, 0.2) is 7.14 Å². The van der Waals surface area contributed by atoms with Crippen molar-refractivity contribution in [3.05, 3.63) is 72.5 Å². The lowest BCUT2D eigenvalue weighted by Crippen LogP contribution is -2.26. The van der Waals surface area contributed by atoms with Crippen molar-refractivity contribution in [3.8, 4) is 0 Å². The van der Waals surface area contributed by atoms with Crippen LogP contribution in [0.25, 0.3) is 0 Å². The Morgan fingerprint density at radius 3 is 1.31 bits per heavy atom. The molecule has 3 aromatic rings. The van der Waals surface area contributed by atoms with Crippen LogP contribution in [0.2, 0.25) is 0 Å². The molecule has 26 heavy (non-hydrogen) atoms. The maximum Gasteiger partial charge on any atom is 0.171 e. The number of benzene rings is 3. The molecule has 4 N–H and O–H groups in total. The van der Waals surface area contributed by atoms with Gasteiger partial charge >= 0.3 is 0 Å². The van der Waals surface area contributed by atoms with E-state index in [1.807, 2.05) is 54.6 Å². The number of halogens is 4. The number of hydrogen-bond acceptors (Lipinski definition) is 3. The highest BCUT2D eigenvalue weighted by Crippen LogP contribution is 2.46. The Balaban J connectivity index is 2.38. The van der Waals surface area contributed by atoms with Gasteiger partial charge < -0.3 is 16.0 Å². The predicted molar refractivity (Wildman–Crippen MR) is 125 cm³/mol. The van der Waals surface area contributed by atoms with Crippen molar-refractivity contribution in [1.82, 2.24) is 0 Å². The van der Waals surface area contributed by atoms with Crippen molar-refractivity contribution >= 4 is 98.2 Å². The van der Waals surface area contributed by atoms with Gasteiger partial charge in [-0.25, -0.2) is 0 Å². The van der Waals surface area contributed by atoms with Crippen LogP contribution < -0.4 is 27.4 Å². The molecule has 3 aromatic carbocycles. The van der Waals surface area contributed by atoms with Crippen LogP contribution in [0.1, 0.15) is 0 Å².